The van der Waals surface area contributed by atoms with Gasteiger partial charge in [0.05, 0.1) is 19.3 Å². The fourth-order valence-electron chi connectivity index (χ4n) is 3.66. The first-order chi connectivity index (χ1) is 16.6. The van der Waals surface area contributed by atoms with Gasteiger partial charge in [-0.15, -0.1) is 0 Å². The second-order valence-corrected chi connectivity index (χ2v) is 7.85. The van der Waals surface area contributed by atoms with E-state index in [4.69, 9.17) is 14.2 Å². The summed E-state index contributed by atoms with van der Waals surface area (Å²) in [5.74, 6) is -1.81. The van der Waals surface area contributed by atoms with Crippen molar-refractivity contribution in [3.05, 3.63) is 52.6 Å². The number of phenols is 2. The van der Waals surface area contributed by atoms with E-state index in [0.29, 0.717) is 11.8 Å². The molecular formula is C24H26O11. The Morgan fingerprint density at radius 1 is 1.06 bits per heavy atom. The van der Waals surface area contributed by atoms with Gasteiger partial charge in [0.2, 0.25) is 6.29 Å². The summed E-state index contributed by atoms with van der Waals surface area (Å²) in [6.45, 7) is 0.654. The molecule has 0 amide bonds. The third-order valence-corrected chi connectivity index (χ3v) is 5.62. The first kappa shape index (κ1) is 26.1. The summed E-state index contributed by atoms with van der Waals surface area (Å²) in [4.78, 5) is 24.9. The van der Waals surface area contributed by atoms with Gasteiger partial charge in [-0.25, -0.2) is 0 Å². The lowest BCUT2D eigenvalue weighted by Gasteiger charge is -2.40. The van der Waals surface area contributed by atoms with E-state index >= 15 is 0 Å². The Kier molecular flexibility index (Phi) is 8.10. The maximum atomic E-state index is 12.9. The summed E-state index contributed by atoms with van der Waals surface area (Å²) in [5, 5.41) is 59.8. The minimum atomic E-state index is -1.77. The molecule has 1 fully saturated rings. The van der Waals surface area contributed by atoms with E-state index in [1.54, 1.807) is 12.1 Å². The molecule has 3 rings (SSSR count). The molecule has 1 aliphatic rings. The fourth-order valence-corrected chi connectivity index (χ4v) is 3.66. The Morgan fingerprint density at radius 3 is 2.29 bits per heavy atom. The molecule has 35 heavy (non-hydrogen) atoms. The van der Waals surface area contributed by atoms with Crippen LogP contribution in [-0.2, 0) is 4.74 Å². The summed E-state index contributed by atoms with van der Waals surface area (Å²) in [6, 6.07) is 6.00. The first-order valence-corrected chi connectivity index (χ1v) is 10.5. The van der Waals surface area contributed by atoms with E-state index in [1.807, 2.05) is 0 Å². The predicted molar refractivity (Wildman–Crippen MR) is 121 cm³/mol. The van der Waals surface area contributed by atoms with Crippen LogP contribution in [-0.4, -0.2) is 87.1 Å². The minimum absolute atomic E-state index is 0.0500. The van der Waals surface area contributed by atoms with Crippen LogP contribution in [0.2, 0.25) is 0 Å². The fraction of sp³-hybridized carbons (Fsp3) is 0.333. The van der Waals surface area contributed by atoms with Crippen molar-refractivity contribution in [3.63, 3.8) is 0 Å². The maximum absolute atomic E-state index is 12.9. The number of ketones is 1. The van der Waals surface area contributed by atoms with Gasteiger partial charge < -0.3 is 44.8 Å². The normalized spacial score (nSPS) is 24.3. The minimum Gasteiger partial charge on any atom is -0.508 e. The van der Waals surface area contributed by atoms with Gasteiger partial charge in [-0.3, -0.25) is 9.59 Å². The van der Waals surface area contributed by atoms with Gasteiger partial charge in [0, 0.05) is 5.56 Å². The highest BCUT2D eigenvalue weighted by molar-refractivity contribution is 6.12. The number of carbonyl (C=O) groups is 2. The van der Waals surface area contributed by atoms with E-state index in [-0.39, 0.29) is 33.9 Å². The maximum Gasteiger partial charge on any atom is 0.229 e. The van der Waals surface area contributed by atoms with Gasteiger partial charge >= 0.3 is 0 Å². The molecule has 0 spiro atoms. The highest BCUT2D eigenvalue weighted by atomic mass is 16.7. The van der Waals surface area contributed by atoms with Gasteiger partial charge in [-0.05, 0) is 30.7 Å². The average Bonchev–Trinajstić information content (AvgIpc) is 2.86. The van der Waals surface area contributed by atoms with Crippen LogP contribution >= 0.6 is 0 Å². The molecule has 1 aliphatic heterocycles. The molecule has 11 heteroatoms. The monoisotopic (exact) mass is 490 g/mol. The van der Waals surface area contributed by atoms with Crippen molar-refractivity contribution >= 4 is 18.1 Å². The molecular weight excluding hydrogens is 464 g/mol. The average molecular weight is 490 g/mol. The van der Waals surface area contributed by atoms with Crippen LogP contribution in [0.25, 0.3) is 6.08 Å². The summed E-state index contributed by atoms with van der Waals surface area (Å²) in [6.07, 6.45) is -5.11. The third kappa shape index (κ3) is 5.14. The number of carbonyl (C=O) groups excluding carboxylic acids is 2. The van der Waals surface area contributed by atoms with Crippen molar-refractivity contribution in [2.24, 2.45) is 0 Å². The summed E-state index contributed by atoms with van der Waals surface area (Å²) in [7, 11) is 1.18. The number of hydrogen-bond acceptors (Lipinski definition) is 11. The van der Waals surface area contributed by atoms with Crippen molar-refractivity contribution in [3.8, 4) is 23.0 Å². The highest BCUT2D eigenvalue weighted by Crippen LogP contribution is 2.43. The Hall–Kier alpha value is -3.48. The molecule has 11 nitrogen and oxygen atoms in total. The van der Waals surface area contributed by atoms with Crippen LogP contribution in [0.5, 0.6) is 23.0 Å². The first-order valence-electron chi connectivity index (χ1n) is 10.5. The quantitative estimate of drug-likeness (QED) is 0.170. The number of hydrogen-bond donors (Lipinski definition) is 6. The summed E-state index contributed by atoms with van der Waals surface area (Å²) in [5.41, 5.74) is -0.0693. The van der Waals surface area contributed by atoms with Gasteiger partial charge in [0.25, 0.3) is 0 Å². The molecule has 0 aromatic heterocycles. The molecule has 0 aliphatic carbocycles. The second-order valence-electron chi connectivity index (χ2n) is 7.85. The largest absolute Gasteiger partial charge is 0.508 e. The Morgan fingerprint density at radius 2 is 1.71 bits per heavy atom. The zero-order valence-corrected chi connectivity index (χ0v) is 18.9. The van der Waals surface area contributed by atoms with Crippen LogP contribution in [0.15, 0.2) is 30.3 Å². The van der Waals surface area contributed by atoms with Crippen LogP contribution in [0.1, 0.15) is 31.8 Å². The zero-order valence-electron chi connectivity index (χ0n) is 18.9. The van der Waals surface area contributed by atoms with E-state index in [9.17, 15) is 40.2 Å². The Balaban J connectivity index is 2.01. The Bertz CT molecular complexity index is 1110. The molecule has 0 radical (unpaired) electrons. The molecule has 6 N–H and O–H groups in total. The van der Waals surface area contributed by atoms with Crippen LogP contribution in [0.4, 0.5) is 0 Å². The van der Waals surface area contributed by atoms with Gasteiger partial charge in [0.1, 0.15) is 53.0 Å². The zero-order chi connectivity index (χ0) is 25.9. The summed E-state index contributed by atoms with van der Waals surface area (Å²) < 4.78 is 16.1. The number of aromatic hydroxyl groups is 2. The lowest BCUT2D eigenvalue weighted by Crippen LogP contribution is -2.60. The number of rotatable bonds is 8. The number of allylic oxidation sites excluding steroid dienone is 1. The molecule has 188 valence electrons. The number of ether oxygens (including phenoxy) is 3. The third-order valence-electron chi connectivity index (χ3n) is 5.62. The number of methoxy groups -OCH3 is 1. The van der Waals surface area contributed by atoms with E-state index < -0.39 is 48.8 Å². The van der Waals surface area contributed by atoms with Crippen molar-refractivity contribution in [2.75, 3.05) is 13.7 Å². The second kappa shape index (κ2) is 10.8. The lowest BCUT2D eigenvalue weighted by atomic mass is 9.97. The number of benzene rings is 2. The smallest absolute Gasteiger partial charge is 0.229 e. The van der Waals surface area contributed by atoms with Crippen molar-refractivity contribution in [2.45, 2.75) is 37.6 Å². The van der Waals surface area contributed by atoms with Gasteiger partial charge in [0.15, 0.2) is 12.1 Å². The SMILES string of the molecule is COc1c(C=O)c(OC2OC(CO)C(O)C(O)C2O)c(C)c(O)c1C(=O)C=Cc1ccc(O)cc1. The molecule has 0 saturated carbocycles. The molecule has 1 heterocycles. The standard InChI is InChI=1S/C24H26O11/c1-11-18(29)17(15(28)8-5-12-3-6-13(27)7-4-12)23(33-2)14(9-25)22(11)35-24-21(32)20(31)19(30)16(10-26)34-24/h3-9,16,19-21,24,26-27,29-32H,10H2,1-2H3. The molecule has 2 aromatic carbocycles. The predicted octanol–water partition coefficient (Wildman–Crippen LogP) is 0.302. The van der Waals surface area contributed by atoms with Gasteiger partial charge in [-0.2, -0.15) is 0 Å². The molecule has 5 unspecified atom stereocenters. The van der Waals surface area contributed by atoms with Crippen molar-refractivity contribution in [1.82, 2.24) is 0 Å². The topological polar surface area (TPSA) is 183 Å². The lowest BCUT2D eigenvalue weighted by molar-refractivity contribution is -0.277. The Labute approximate surface area is 200 Å². The van der Waals surface area contributed by atoms with Gasteiger partial charge in [-0.1, -0.05) is 18.2 Å². The van der Waals surface area contributed by atoms with Crippen LogP contribution in [0.3, 0.4) is 0 Å². The highest BCUT2D eigenvalue weighted by Gasteiger charge is 2.45. The molecule has 2 aromatic rings. The number of aliphatic hydroxyl groups excluding tert-OH is 4. The van der Waals surface area contributed by atoms with E-state index in [1.165, 1.54) is 32.2 Å². The molecule has 5 atom stereocenters. The summed E-state index contributed by atoms with van der Waals surface area (Å²) >= 11 is 0. The van der Waals surface area contributed by atoms with Crippen molar-refractivity contribution < 1.29 is 54.4 Å². The van der Waals surface area contributed by atoms with Crippen LogP contribution < -0.4 is 9.47 Å². The number of aliphatic hydroxyl groups is 4. The number of aldehydes is 1. The van der Waals surface area contributed by atoms with E-state index in [2.05, 4.69) is 0 Å². The van der Waals surface area contributed by atoms with Crippen LogP contribution in [0, 0.1) is 6.92 Å². The number of phenolic OH excluding ortho intramolecular Hbond substituents is 2. The molecule has 0 bridgehead atoms. The van der Waals surface area contributed by atoms with Crippen molar-refractivity contribution in [1.29, 1.82) is 0 Å². The van der Waals surface area contributed by atoms with E-state index in [0.717, 1.165) is 6.08 Å². The molecule has 1 saturated heterocycles.